The van der Waals surface area contributed by atoms with Crippen molar-refractivity contribution in [2.24, 2.45) is 0 Å². The maximum Gasteiger partial charge on any atom is 0.412 e. The van der Waals surface area contributed by atoms with Crippen molar-refractivity contribution >= 4 is 11.9 Å². The van der Waals surface area contributed by atoms with Gasteiger partial charge in [-0.05, 0) is 6.92 Å². The predicted octanol–water partition coefficient (Wildman–Crippen LogP) is -2.18. The van der Waals surface area contributed by atoms with Gasteiger partial charge < -0.3 is 24.8 Å². The molecule has 2 heterocycles. The lowest BCUT2D eigenvalue weighted by molar-refractivity contribution is -0.0616. The largest absolute Gasteiger partial charge is 0.450 e. The number of aromatic nitrogens is 3. The summed E-state index contributed by atoms with van der Waals surface area (Å²) in [4.78, 5) is 26.6. The molecule has 0 spiro atoms. The van der Waals surface area contributed by atoms with Gasteiger partial charge in [0.25, 0.3) is 0 Å². The van der Waals surface area contributed by atoms with E-state index in [1.54, 1.807) is 6.92 Å². The molecule has 11 nitrogen and oxygen atoms in total. The number of hydrogen-bond acceptors (Lipinski definition) is 9. The Morgan fingerprint density at radius 1 is 1.50 bits per heavy atom. The quantitative estimate of drug-likeness (QED) is 0.485. The zero-order valence-corrected chi connectivity index (χ0v) is 11.6. The van der Waals surface area contributed by atoms with E-state index in [1.165, 1.54) is 0 Å². The number of aliphatic hydroxyl groups is 3. The second-order valence-corrected chi connectivity index (χ2v) is 4.44. The summed E-state index contributed by atoms with van der Waals surface area (Å²) in [5, 5.41) is 34.4. The molecule has 1 unspecified atom stereocenters. The van der Waals surface area contributed by atoms with Gasteiger partial charge in [-0.2, -0.15) is 14.8 Å². The summed E-state index contributed by atoms with van der Waals surface area (Å²) in [6.07, 6.45) is -4.86. The molecule has 4 atom stereocenters. The maximum absolute atomic E-state index is 11.9. The summed E-state index contributed by atoms with van der Waals surface area (Å²) in [5.74, 6) is -0.133. The van der Waals surface area contributed by atoms with Crippen molar-refractivity contribution in [2.45, 2.75) is 31.5 Å². The first-order chi connectivity index (χ1) is 10.5. The van der Waals surface area contributed by atoms with Crippen molar-refractivity contribution in [2.75, 3.05) is 18.5 Å². The fourth-order valence-electron chi connectivity index (χ4n) is 1.94. The summed E-state index contributed by atoms with van der Waals surface area (Å²) in [6, 6.07) is 0. The van der Waals surface area contributed by atoms with Gasteiger partial charge >= 0.3 is 11.8 Å². The van der Waals surface area contributed by atoms with Crippen molar-refractivity contribution in [1.29, 1.82) is 0 Å². The number of ether oxygens (including phenoxy) is 2. The fourth-order valence-corrected chi connectivity index (χ4v) is 1.94. The molecule has 22 heavy (non-hydrogen) atoms. The lowest BCUT2D eigenvalue weighted by Crippen LogP contribution is -2.37. The van der Waals surface area contributed by atoms with Gasteiger partial charge in [0.15, 0.2) is 12.0 Å². The molecule has 0 saturated carbocycles. The number of nitrogens with zero attached hydrogens (tertiary/aromatic N) is 3. The first-order valence-corrected chi connectivity index (χ1v) is 6.50. The molecule has 1 aromatic rings. The molecule has 1 aliphatic rings. The zero-order valence-electron chi connectivity index (χ0n) is 11.6. The van der Waals surface area contributed by atoms with E-state index < -0.39 is 42.9 Å². The van der Waals surface area contributed by atoms with Gasteiger partial charge in [-0.25, -0.2) is 9.59 Å². The summed E-state index contributed by atoms with van der Waals surface area (Å²) in [5.41, 5.74) is -0.913. The molecule has 0 aromatic carbocycles. The summed E-state index contributed by atoms with van der Waals surface area (Å²) >= 11 is 0. The van der Waals surface area contributed by atoms with E-state index in [4.69, 9.17) is 9.84 Å². The van der Waals surface area contributed by atoms with Crippen LogP contribution in [0, 0.1) is 0 Å². The standard InChI is InChI=1S/C11H16N4O7/c1-2-21-11(20)14-6-3-12-15(10(19)13-6)9-8(18)7(17)5(4-16)22-9/h3,5,7-9,16-18H,2,4H2,1H3,(H,13,14,19,20)/t5?,7-,8-,9-/m1/s1. The van der Waals surface area contributed by atoms with Crippen LogP contribution in [0.5, 0.6) is 0 Å². The first-order valence-electron chi connectivity index (χ1n) is 6.50. The highest BCUT2D eigenvalue weighted by atomic mass is 16.6. The topological polar surface area (TPSA) is 156 Å². The Morgan fingerprint density at radius 2 is 2.23 bits per heavy atom. The Hall–Kier alpha value is -2.08. The van der Waals surface area contributed by atoms with Crippen LogP contribution < -0.4 is 11.0 Å². The van der Waals surface area contributed by atoms with Gasteiger partial charge in [0.2, 0.25) is 0 Å². The van der Waals surface area contributed by atoms with Crippen LogP contribution in [-0.4, -0.2) is 67.7 Å². The predicted molar refractivity (Wildman–Crippen MR) is 69.9 cm³/mol. The monoisotopic (exact) mass is 316 g/mol. The number of rotatable bonds is 4. The maximum atomic E-state index is 11.9. The molecule has 1 fully saturated rings. The smallest absolute Gasteiger partial charge is 0.412 e. The minimum absolute atomic E-state index is 0.133. The summed E-state index contributed by atoms with van der Waals surface area (Å²) in [6.45, 7) is 1.24. The minimum Gasteiger partial charge on any atom is -0.450 e. The van der Waals surface area contributed by atoms with Gasteiger partial charge in [-0.15, -0.1) is 0 Å². The Kier molecular flexibility index (Phi) is 5.03. The normalized spacial score (nSPS) is 27.6. The third kappa shape index (κ3) is 3.22. The lowest BCUT2D eigenvalue weighted by atomic mass is 10.1. The van der Waals surface area contributed by atoms with E-state index in [2.05, 4.69) is 20.1 Å². The number of hydrogen-bond donors (Lipinski definition) is 4. The Bertz CT molecular complexity index is 592. The van der Waals surface area contributed by atoms with Crippen LogP contribution in [0.3, 0.4) is 0 Å². The van der Waals surface area contributed by atoms with Gasteiger partial charge in [0.05, 0.1) is 19.4 Å². The molecule has 1 aromatic heterocycles. The Labute approximate surface area is 124 Å². The second kappa shape index (κ2) is 6.79. The highest BCUT2D eigenvalue weighted by Gasteiger charge is 2.44. The summed E-state index contributed by atoms with van der Waals surface area (Å²) < 4.78 is 10.5. The molecule has 1 amide bonds. The van der Waals surface area contributed by atoms with Crippen molar-refractivity contribution in [3.05, 3.63) is 16.7 Å². The van der Waals surface area contributed by atoms with Crippen molar-refractivity contribution < 1.29 is 29.6 Å². The van der Waals surface area contributed by atoms with Crippen LogP contribution in [0.25, 0.3) is 0 Å². The zero-order chi connectivity index (χ0) is 16.3. The van der Waals surface area contributed by atoms with Gasteiger partial charge in [-0.1, -0.05) is 0 Å². The molecule has 122 valence electrons. The number of nitrogens with one attached hydrogen (secondary N) is 1. The van der Waals surface area contributed by atoms with Crippen LogP contribution in [0.4, 0.5) is 10.6 Å². The van der Waals surface area contributed by atoms with Gasteiger partial charge in [-0.3, -0.25) is 5.32 Å². The van der Waals surface area contributed by atoms with Crippen LogP contribution in [0.15, 0.2) is 11.0 Å². The molecule has 0 aliphatic carbocycles. The number of aliphatic hydroxyl groups excluding tert-OH is 3. The highest BCUT2D eigenvalue weighted by molar-refractivity contribution is 5.82. The SMILES string of the molecule is CCOC(=O)Nc1cnn([C@@H]2OC(CO)[C@@H](O)[C@H]2O)c(=O)n1. The average molecular weight is 316 g/mol. The fraction of sp³-hybridized carbons (Fsp3) is 0.636. The molecule has 4 N–H and O–H groups in total. The van der Waals surface area contributed by atoms with E-state index in [-0.39, 0.29) is 12.4 Å². The van der Waals surface area contributed by atoms with E-state index in [0.717, 1.165) is 6.20 Å². The number of carbonyl (C=O) groups excluding carboxylic acids is 1. The van der Waals surface area contributed by atoms with E-state index in [9.17, 15) is 19.8 Å². The van der Waals surface area contributed by atoms with E-state index in [0.29, 0.717) is 4.68 Å². The van der Waals surface area contributed by atoms with Gasteiger partial charge in [0, 0.05) is 0 Å². The molecule has 11 heteroatoms. The third-order valence-electron chi connectivity index (χ3n) is 2.98. The molecule has 1 saturated heterocycles. The lowest BCUT2D eigenvalue weighted by Gasteiger charge is -2.15. The van der Waals surface area contributed by atoms with E-state index in [1.807, 2.05) is 0 Å². The molecule has 1 aliphatic heterocycles. The van der Waals surface area contributed by atoms with Crippen LogP contribution in [0.1, 0.15) is 13.2 Å². The molecule has 0 radical (unpaired) electrons. The second-order valence-electron chi connectivity index (χ2n) is 4.44. The van der Waals surface area contributed by atoms with Crippen molar-refractivity contribution in [1.82, 2.24) is 14.8 Å². The molecule has 2 rings (SSSR count). The van der Waals surface area contributed by atoms with Crippen LogP contribution >= 0.6 is 0 Å². The number of amides is 1. The van der Waals surface area contributed by atoms with Crippen molar-refractivity contribution in [3.8, 4) is 0 Å². The molecule has 0 bridgehead atoms. The Morgan fingerprint density at radius 3 is 2.77 bits per heavy atom. The van der Waals surface area contributed by atoms with Crippen LogP contribution in [0.2, 0.25) is 0 Å². The highest BCUT2D eigenvalue weighted by Crippen LogP contribution is 2.27. The van der Waals surface area contributed by atoms with E-state index >= 15 is 0 Å². The summed E-state index contributed by atoms with van der Waals surface area (Å²) in [7, 11) is 0. The number of carbonyl (C=O) groups is 1. The first kappa shape index (κ1) is 16.3. The number of anilines is 1. The van der Waals surface area contributed by atoms with Crippen LogP contribution in [-0.2, 0) is 9.47 Å². The Balaban J connectivity index is 2.17. The average Bonchev–Trinajstić information content (AvgIpc) is 2.75. The third-order valence-corrected chi connectivity index (χ3v) is 2.98. The van der Waals surface area contributed by atoms with Gasteiger partial charge in [0.1, 0.15) is 18.3 Å². The minimum atomic E-state index is -1.45. The molecular formula is C11H16N4O7. The van der Waals surface area contributed by atoms with Crippen molar-refractivity contribution in [3.63, 3.8) is 0 Å². The molecular weight excluding hydrogens is 300 g/mol.